The Morgan fingerprint density at radius 3 is 2.60 bits per heavy atom. The van der Waals surface area contributed by atoms with E-state index in [9.17, 15) is 9.59 Å². The molecule has 0 aromatic heterocycles. The lowest BCUT2D eigenvalue weighted by atomic mass is 10.0. The molecule has 2 amide bonds. The third-order valence-corrected chi connectivity index (χ3v) is 4.55. The molecule has 0 spiro atoms. The summed E-state index contributed by atoms with van der Waals surface area (Å²) in [5, 5.41) is 2.96. The van der Waals surface area contributed by atoms with Crippen LogP contribution in [-0.2, 0) is 16.1 Å². The number of nitrogens with one attached hydrogen (secondary N) is 1. The molecule has 1 N–H and O–H groups in total. The summed E-state index contributed by atoms with van der Waals surface area (Å²) in [6.07, 6.45) is 3.00. The summed E-state index contributed by atoms with van der Waals surface area (Å²) >= 11 is 0. The molecule has 0 saturated carbocycles. The zero-order valence-electron chi connectivity index (χ0n) is 14.4. The fraction of sp³-hybridized carbons (Fsp3) is 0.333. The molecule has 4 heteroatoms. The first kappa shape index (κ1) is 17.2. The van der Waals surface area contributed by atoms with Crippen molar-refractivity contribution in [3.63, 3.8) is 0 Å². The van der Waals surface area contributed by atoms with Crippen LogP contribution in [-0.4, -0.2) is 29.8 Å². The molecular weight excluding hydrogens is 312 g/mol. The van der Waals surface area contributed by atoms with E-state index < -0.39 is 0 Å². The van der Waals surface area contributed by atoms with Crippen LogP contribution in [0.25, 0.3) is 11.1 Å². The number of hydrogen-bond donors (Lipinski definition) is 1. The highest BCUT2D eigenvalue weighted by atomic mass is 16.2. The molecule has 1 saturated heterocycles. The Morgan fingerprint density at radius 2 is 1.80 bits per heavy atom. The van der Waals surface area contributed by atoms with Crippen LogP contribution in [0.2, 0.25) is 0 Å². The number of benzene rings is 2. The number of likely N-dealkylation sites (tertiary alicyclic amines) is 1. The van der Waals surface area contributed by atoms with E-state index in [1.54, 1.807) is 4.90 Å². The number of rotatable bonds is 6. The van der Waals surface area contributed by atoms with E-state index in [2.05, 4.69) is 29.6 Å². The number of hydrogen-bond acceptors (Lipinski definition) is 2. The molecule has 1 aliphatic rings. The van der Waals surface area contributed by atoms with Crippen LogP contribution in [0.15, 0.2) is 54.6 Å². The van der Waals surface area contributed by atoms with Crippen LogP contribution >= 0.6 is 0 Å². The van der Waals surface area contributed by atoms with Gasteiger partial charge in [0.2, 0.25) is 11.8 Å². The maximum absolute atomic E-state index is 12.1. The highest BCUT2D eigenvalue weighted by Crippen LogP contribution is 2.20. The number of carbonyl (C=O) groups excluding carboxylic acids is 2. The van der Waals surface area contributed by atoms with Crippen molar-refractivity contribution >= 4 is 11.8 Å². The maximum Gasteiger partial charge on any atom is 0.222 e. The lowest BCUT2D eigenvalue weighted by Gasteiger charge is -2.26. The Kier molecular flexibility index (Phi) is 5.83. The minimum Gasteiger partial charge on any atom is -0.352 e. The van der Waals surface area contributed by atoms with Gasteiger partial charge in [-0.15, -0.1) is 0 Å². The van der Waals surface area contributed by atoms with Crippen molar-refractivity contribution in [1.29, 1.82) is 0 Å². The van der Waals surface area contributed by atoms with Crippen molar-refractivity contribution < 1.29 is 9.59 Å². The Morgan fingerprint density at radius 1 is 1.00 bits per heavy atom. The van der Waals surface area contributed by atoms with E-state index in [-0.39, 0.29) is 11.8 Å². The second-order valence-electron chi connectivity index (χ2n) is 6.43. The first-order valence-electron chi connectivity index (χ1n) is 8.91. The third-order valence-electron chi connectivity index (χ3n) is 4.55. The summed E-state index contributed by atoms with van der Waals surface area (Å²) in [7, 11) is 0. The molecule has 25 heavy (non-hydrogen) atoms. The van der Waals surface area contributed by atoms with Gasteiger partial charge in [0, 0.05) is 32.5 Å². The molecule has 4 nitrogen and oxygen atoms in total. The van der Waals surface area contributed by atoms with Gasteiger partial charge >= 0.3 is 0 Å². The Balaban J connectivity index is 1.50. The molecule has 0 unspecified atom stereocenters. The van der Waals surface area contributed by atoms with Crippen molar-refractivity contribution in [2.75, 3.05) is 13.1 Å². The lowest BCUT2D eigenvalue weighted by molar-refractivity contribution is -0.133. The Bertz CT molecular complexity index is 728. The third kappa shape index (κ3) is 4.92. The SMILES string of the molecule is O=C(CCN1CCCCC1=O)NCc1cccc(-c2ccccc2)c1. The van der Waals surface area contributed by atoms with Gasteiger partial charge in [-0.1, -0.05) is 48.5 Å². The quantitative estimate of drug-likeness (QED) is 0.879. The second-order valence-corrected chi connectivity index (χ2v) is 6.43. The average molecular weight is 336 g/mol. The van der Waals surface area contributed by atoms with Crippen molar-refractivity contribution in [3.8, 4) is 11.1 Å². The zero-order chi connectivity index (χ0) is 17.5. The molecule has 0 radical (unpaired) electrons. The largest absolute Gasteiger partial charge is 0.352 e. The summed E-state index contributed by atoms with van der Waals surface area (Å²) in [6.45, 7) is 1.81. The van der Waals surface area contributed by atoms with Crippen molar-refractivity contribution in [2.24, 2.45) is 0 Å². The number of nitrogens with zero attached hydrogens (tertiary/aromatic N) is 1. The molecule has 3 rings (SSSR count). The molecule has 1 heterocycles. The van der Waals surface area contributed by atoms with Gasteiger partial charge < -0.3 is 10.2 Å². The van der Waals surface area contributed by atoms with Crippen molar-refractivity contribution in [1.82, 2.24) is 10.2 Å². The van der Waals surface area contributed by atoms with E-state index in [4.69, 9.17) is 0 Å². The van der Waals surface area contributed by atoms with Gasteiger partial charge in [0.1, 0.15) is 0 Å². The van der Waals surface area contributed by atoms with E-state index in [0.717, 1.165) is 30.5 Å². The lowest BCUT2D eigenvalue weighted by Crippen LogP contribution is -2.38. The molecule has 130 valence electrons. The van der Waals surface area contributed by atoms with Gasteiger partial charge in [-0.05, 0) is 35.6 Å². The Labute approximate surface area is 148 Å². The predicted molar refractivity (Wildman–Crippen MR) is 98.8 cm³/mol. The summed E-state index contributed by atoms with van der Waals surface area (Å²) in [4.78, 5) is 25.6. The molecule has 1 aliphatic heterocycles. The van der Waals surface area contributed by atoms with Gasteiger partial charge in [0.05, 0.1) is 0 Å². The molecule has 0 bridgehead atoms. The van der Waals surface area contributed by atoms with Crippen molar-refractivity contribution in [2.45, 2.75) is 32.2 Å². The molecule has 0 aliphatic carbocycles. The first-order valence-corrected chi connectivity index (χ1v) is 8.91. The number of piperidine rings is 1. The standard InChI is InChI=1S/C21H24N2O2/c24-20(12-14-23-13-5-4-11-21(23)25)22-16-17-7-6-10-19(15-17)18-8-2-1-3-9-18/h1-3,6-10,15H,4-5,11-14,16H2,(H,22,24). The van der Waals surface area contributed by atoms with Crippen LogP contribution < -0.4 is 5.32 Å². The zero-order valence-corrected chi connectivity index (χ0v) is 14.4. The predicted octanol–water partition coefficient (Wildman–Crippen LogP) is 3.37. The van der Waals surface area contributed by atoms with Crippen LogP contribution in [0.4, 0.5) is 0 Å². The van der Waals surface area contributed by atoms with Crippen LogP contribution in [0.1, 0.15) is 31.2 Å². The van der Waals surface area contributed by atoms with Gasteiger partial charge in [0.15, 0.2) is 0 Å². The highest BCUT2D eigenvalue weighted by molar-refractivity contribution is 5.79. The smallest absolute Gasteiger partial charge is 0.222 e. The molecular formula is C21H24N2O2. The van der Waals surface area contributed by atoms with Gasteiger partial charge in [-0.3, -0.25) is 9.59 Å². The Hall–Kier alpha value is -2.62. The number of amides is 2. The van der Waals surface area contributed by atoms with Crippen LogP contribution in [0, 0.1) is 0 Å². The summed E-state index contributed by atoms with van der Waals surface area (Å²) in [5.74, 6) is 0.165. The van der Waals surface area contributed by atoms with E-state index in [1.165, 1.54) is 5.56 Å². The normalized spacial score (nSPS) is 14.4. The number of carbonyl (C=O) groups is 2. The van der Waals surface area contributed by atoms with E-state index in [0.29, 0.717) is 25.9 Å². The second kappa shape index (κ2) is 8.47. The first-order chi connectivity index (χ1) is 12.2. The maximum atomic E-state index is 12.1. The van der Waals surface area contributed by atoms with Crippen molar-refractivity contribution in [3.05, 3.63) is 60.2 Å². The van der Waals surface area contributed by atoms with E-state index >= 15 is 0 Å². The average Bonchev–Trinajstić information content (AvgIpc) is 2.67. The summed E-state index contributed by atoms with van der Waals surface area (Å²) in [5.41, 5.74) is 3.38. The molecule has 0 atom stereocenters. The molecule has 2 aromatic carbocycles. The summed E-state index contributed by atoms with van der Waals surface area (Å²) in [6, 6.07) is 18.4. The van der Waals surface area contributed by atoms with Gasteiger partial charge in [0.25, 0.3) is 0 Å². The minimum absolute atomic E-state index is 0.0107. The monoisotopic (exact) mass is 336 g/mol. The highest BCUT2D eigenvalue weighted by Gasteiger charge is 2.18. The summed E-state index contributed by atoms with van der Waals surface area (Å²) < 4.78 is 0. The van der Waals surface area contributed by atoms with Gasteiger partial charge in [-0.25, -0.2) is 0 Å². The topological polar surface area (TPSA) is 49.4 Å². The van der Waals surface area contributed by atoms with Crippen LogP contribution in [0.3, 0.4) is 0 Å². The fourth-order valence-corrected chi connectivity index (χ4v) is 3.12. The van der Waals surface area contributed by atoms with E-state index in [1.807, 2.05) is 30.3 Å². The van der Waals surface area contributed by atoms with Crippen LogP contribution in [0.5, 0.6) is 0 Å². The fourth-order valence-electron chi connectivity index (χ4n) is 3.12. The van der Waals surface area contributed by atoms with Gasteiger partial charge in [-0.2, -0.15) is 0 Å². The molecule has 2 aromatic rings. The minimum atomic E-state index is -0.0107. The molecule has 1 fully saturated rings.